The monoisotopic (exact) mass is 230 g/mol. The van der Waals surface area contributed by atoms with Crippen molar-refractivity contribution in [3.63, 3.8) is 0 Å². The quantitative estimate of drug-likeness (QED) is 0.801. The van der Waals surface area contributed by atoms with E-state index >= 15 is 0 Å². The van der Waals surface area contributed by atoms with E-state index in [1.807, 2.05) is 30.3 Å². The number of halogens is 1. The second kappa shape index (κ2) is 5.17. The Hall–Kier alpha value is -0.540. The summed E-state index contributed by atoms with van der Waals surface area (Å²) in [6.45, 7) is 0.0279. The molecular formula is C9H11BrO2. The molecule has 0 aromatic heterocycles. The summed E-state index contributed by atoms with van der Waals surface area (Å²) in [7, 11) is 0. The van der Waals surface area contributed by atoms with Crippen molar-refractivity contribution in [2.45, 2.75) is 6.10 Å². The molecule has 0 aliphatic carbocycles. The third kappa shape index (κ3) is 2.83. The number of alkyl halides is 1. The van der Waals surface area contributed by atoms with Gasteiger partial charge in [-0.3, -0.25) is 0 Å². The Balaban J connectivity index is 2.51. The first-order valence-electron chi connectivity index (χ1n) is 3.75. The fraction of sp³-hybridized carbons (Fsp3) is 0.333. The van der Waals surface area contributed by atoms with Gasteiger partial charge in [-0.1, -0.05) is 34.1 Å². The number of benzene rings is 1. The molecule has 0 amide bonds. The normalized spacial score (nSPS) is 12.5. The summed E-state index contributed by atoms with van der Waals surface area (Å²) < 4.78 is 5.42. The first-order valence-corrected chi connectivity index (χ1v) is 4.87. The number of ether oxygens (including phenoxy) is 1. The van der Waals surface area contributed by atoms with Crippen molar-refractivity contribution < 1.29 is 9.84 Å². The molecule has 0 saturated carbocycles. The van der Waals surface area contributed by atoms with E-state index in [4.69, 9.17) is 9.84 Å². The standard InChI is InChI=1S/C9H11BrO2/c10-6-9(7-11)12-8-4-2-1-3-5-8/h1-5,9,11H,6-7H2. The highest BCUT2D eigenvalue weighted by molar-refractivity contribution is 9.09. The molecule has 12 heavy (non-hydrogen) atoms. The van der Waals surface area contributed by atoms with Crippen LogP contribution in [0, 0.1) is 0 Å². The van der Waals surface area contributed by atoms with E-state index in [9.17, 15) is 0 Å². The Morgan fingerprint density at radius 2 is 2.00 bits per heavy atom. The summed E-state index contributed by atoms with van der Waals surface area (Å²) >= 11 is 3.25. The number of hydrogen-bond acceptors (Lipinski definition) is 2. The average molecular weight is 231 g/mol. The number of hydrogen-bond donors (Lipinski definition) is 1. The van der Waals surface area contributed by atoms with Crippen LogP contribution in [0.15, 0.2) is 30.3 Å². The molecule has 0 spiro atoms. The Kier molecular flexibility index (Phi) is 4.11. The molecule has 1 unspecified atom stereocenters. The number of aliphatic hydroxyl groups is 1. The molecule has 1 atom stereocenters. The van der Waals surface area contributed by atoms with Crippen LogP contribution in [0.5, 0.6) is 5.75 Å². The molecule has 0 saturated heterocycles. The molecule has 0 aliphatic rings. The summed E-state index contributed by atoms with van der Waals surface area (Å²) in [5.41, 5.74) is 0. The highest BCUT2D eigenvalue weighted by Gasteiger charge is 2.05. The minimum atomic E-state index is -0.160. The number of para-hydroxylation sites is 1. The first-order chi connectivity index (χ1) is 5.86. The lowest BCUT2D eigenvalue weighted by molar-refractivity contribution is 0.134. The predicted octanol–water partition coefficient (Wildman–Crippen LogP) is 1.82. The zero-order valence-electron chi connectivity index (χ0n) is 6.61. The summed E-state index contributed by atoms with van der Waals surface area (Å²) in [4.78, 5) is 0. The molecular weight excluding hydrogens is 220 g/mol. The summed E-state index contributed by atoms with van der Waals surface area (Å²) in [6.07, 6.45) is -0.160. The van der Waals surface area contributed by atoms with Crippen LogP contribution in [0.1, 0.15) is 0 Å². The molecule has 0 radical (unpaired) electrons. The smallest absolute Gasteiger partial charge is 0.131 e. The van der Waals surface area contributed by atoms with Crippen LogP contribution < -0.4 is 4.74 Å². The first kappa shape index (κ1) is 9.55. The topological polar surface area (TPSA) is 29.5 Å². The van der Waals surface area contributed by atoms with E-state index in [0.717, 1.165) is 5.75 Å². The molecule has 1 aromatic carbocycles. The van der Waals surface area contributed by atoms with Crippen LogP contribution in [0.3, 0.4) is 0 Å². The number of aliphatic hydroxyl groups excluding tert-OH is 1. The van der Waals surface area contributed by atoms with E-state index in [1.54, 1.807) is 0 Å². The van der Waals surface area contributed by atoms with Crippen LogP contribution in [-0.2, 0) is 0 Å². The van der Waals surface area contributed by atoms with Gasteiger partial charge in [0.2, 0.25) is 0 Å². The van der Waals surface area contributed by atoms with Gasteiger partial charge in [-0.05, 0) is 12.1 Å². The fourth-order valence-corrected chi connectivity index (χ4v) is 1.15. The molecule has 0 fully saturated rings. The zero-order chi connectivity index (χ0) is 8.81. The van der Waals surface area contributed by atoms with Gasteiger partial charge in [0.15, 0.2) is 0 Å². The maximum atomic E-state index is 8.83. The Morgan fingerprint density at radius 1 is 1.33 bits per heavy atom. The summed E-state index contributed by atoms with van der Waals surface area (Å²) in [5.74, 6) is 0.788. The highest BCUT2D eigenvalue weighted by atomic mass is 79.9. The highest BCUT2D eigenvalue weighted by Crippen LogP contribution is 2.11. The van der Waals surface area contributed by atoms with E-state index in [0.29, 0.717) is 5.33 Å². The maximum absolute atomic E-state index is 8.83. The summed E-state index contributed by atoms with van der Waals surface area (Å²) in [5, 5.41) is 9.47. The zero-order valence-corrected chi connectivity index (χ0v) is 8.20. The van der Waals surface area contributed by atoms with Crippen molar-refractivity contribution in [3.05, 3.63) is 30.3 Å². The molecule has 2 nitrogen and oxygen atoms in total. The van der Waals surface area contributed by atoms with E-state index in [-0.39, 0.29) is 12.7 Å². The van der Waals surface area contributed by atoms with E-state index in [1.165, 1.54) is 0 Å². The van der Waals surface area contributed by atoms with Gasteiger partial charge in [0, 0.05) is 5.33 Å². The molecule has 0 aliphatic heterocycles. The van der Waals surface area contributed by atoms with Crippen LogP contribution >= 0.6 is 15.9 Å². The van der Waals surface area contributed by atoms with Crippen molar-refractivity contribution >= 4 is 15.9 Å². The Bertz CT molecular complexity index is 209. The largest absolute Gasteiger partial charge is 0.487 e. The lowest BCUT2D eigenvalue weighted by Gasteiger charge is -2.13. The van der Waals surface area contributed by atoms with Gasteiger partial charge in [0.25, 0.3) is 0 Å². The number of rotatable bonds is 4. The minimum absolute atomic E-state index is 0.0279. The van der Waals surface area contributed by atoms with Gasteiger partial charge < -0.3 is 9.84 Å². The Labute approximate surface area is 80.3 Å². The Morgan fingerprint density at radius 3 is 2.50 bits per heavy atom. The molecule has 1 N–H and O–H groups in total. The van der Waals surface area contributed by atoms with Gasteiger partial charge in [0.1, 0.15) is 11.9 Å². The van der Waals surface area contributed by atoms with Gasteiger partial charge in [-0.15, -0.1) is 0 Å². The predicted molar refractivity (Wildman–Crippen MR) is 51.7 cm³/mol. The summed E-state index contributed by atoms with van der Waals surface area (Å²) in [6, 6.07) is 9.46. The molecule has 66 valence electrons. The van der Waals surface area contributed by atoms with Crippen molar-refractivity contribution in [2.24, 2.45) is 0 Å². The van der Waals surface area contributed by atoms with Gasteiger partial charge in [0.05, 0.1) is 6.61 Å². The minimum Gasteiger partial charge on any atom is -0.487 e. The van der Waals surface area contributed by atoms with Crippen LogP contribution in [-0.4, -0.2) is 23.1 Å². The van der Waals surface area contributed by atoms with E-state index in [2.05, 4.69) is 15.9 Å². The van der Waals surface area contributed by atoms with E-state index < -0.39 is 0 Å². The molecule has 0 bridgehead atoms. The second-order valence-electron chi connectivity index (χ2n) is 2.39. The molecule has 1 aromatic rings. The van der Waals surface area contributed by atoms with Crippen LogP contribution in [0.25, 0.3) is 0 Å². The van der Waals surface area contributed by atoms with Gasteiger partial charge in [-0.2, -0.15) is 0 Å². The van der Waals surface area contributed by atoms with Crippen molar-refractivity contribution in [1.82, 2.24) is 0 Å². The van der Waals surface area contributed by atoms with Crippen molar-refractivity contribution in [3.8, 4) is 5.75 Å². The van der Waals surface area contributed by atoms with Crippen LogP contribution in [0.2, 0.25) is 0 Å². The third-order valence-electron chi connectivity index (χ3n) is 1.42. The molecule has 3 heteroatoms. The van der Waals surface area contributed by atoms with Crippen LogP contribution in [0.4, 0.5) is 0 Å². The van der Waals surface area contributed by atoms with Crippen molar-refractivity contribution in [1.29, 1.82) is 0 Å². The van der Waals surface area contributed by atoms with Crippen molar-refractivity contribution in [2.75, 3.05) is 11.9 Å². The molecule has 0 heterocycles. The lowest BCUT2D eigenvalue weighted by atomic mass is 10.3. The fourth-order valence-electron chi connectivity index (χ4n) is 0.809. The van der Waals surface area contributed by atoms with Gasteiger partial charge >= 0.3 is 0 Å². The van der Waals surface area contributed by atoms with Gasteiger partial charge in [-0.25, -0.2) is 0 Å². The molecule has 1 rings (SSSR count). The second-order valence-corrected chi connectivity index (χ2v) is 3.04. The SMILES string of the molecule is OCC(CBr)Oc1ccccc1. The third-order valence-corrected chi connectivity index (χ3v) is 2.14. The average Bonchev–Trinajstić information content (AvgIpc) is 2.16. The lowest BCUT2D eigenvalue weighted by Crippen LogP contribution is -2.22. The maximum Gasteiger partial charge on any atom is 0.131 e.